The Morgan fingerprint density at radius 2 is 2.57 bits per heavy atom. The van der Waals surface area contributed by atoms with Crippen LogP contribution < -0.4 is 0 Å². The van der Waals surface area contributed by atoms with Gasteiger partial charge in [0.15, 0.2) is 0 Å². The van der Waals surface area contributed by atoms with Crippen LogP contribution in [-0.4, -0.2) is 0 Å². The van der Waals surface area contributed by atoms with E-state index in [0.29, 0.717) is 5.92 Å². The zero-order valence-electron chi connectivity index (χ0n) is 4.78. The van der Waals surface area contributed by atoms with Gasteiger partial charge in [-0.15, -0.1) is 0 Å². The van der Waals surface area contributed by atoms with Gasteiger partial charge < -0.3 is 0 Å². The summed E-state index contributed by atoms with van der Waals surface area (Å²) in [6, 6.07) is 0. The SMILES string of the molecule is C=C1CC[CH][C@H]1C. The van der Waals surface area contributed by atoms with E-state index in [1.807, 2.05) is 0 Å². The first-order valence-electron chi connectivity index (χ1n) is 2.81. The van der Waals surface area contributed by atoms with Crippen molar-refractivity contribution in [1.29, 1.82) is 0 Å². The van der Waals surface area contributed by atoms with Crippen LogP contribution in [0.2, 0.25) is 0 Å². The van der Waals surface area contributed by atoms with Crippen LogP contribution in [0, 0.1) is 12.3 Å². The maximum Gasteiger partial charge on any atom is -0.0203 e. The molecule has 1 aliphatic carbocycles. The number of hydrogen-bond donors (Lipinski definition) is 0. The Morgan fingerprint density at radius 1 is 1.86 bits per heavy atom. The minimum absolute atomic E-state index is 0.694. The van der Waals surface area contributed by atoms with Gasteiger partial charge in [-0.3, -0.25) is 0 Å². The summed E-state index contributed by atoms with van der Waals surface area (Å²) in [7, 11) is 0. The van der Waals surface area contributed by atoms with Crippen molar-refractivity contribution < 1.29 is 0 Å². The van der Waals surface area contributed by atoms with Gasteiger partial charge in [0.2, 0.25) is 0 Å². The molecule has 39 valence electrons. The van der Waals surface area contributed by atoms with E-state index in [-0.39, 0.29) is 0 Å². The van der Waals surface area contributed by atoms with Gasteiger partial charge in [0, 0.05) is 0 Å². The third-order valence-electron chi connectivity index (χ3n) is 1.63. The van der Waals surface area contributed by atoms with Crippen LogP contribution in [0.25, 0.3) is 0 Å². The molecule has 1 fully saturated rings. The highest BCUT2D eigenvalue weighted by Crippen LogP contribution is 2.27. The van der Waals surface area contributed by atoms with Crippen molar-refractivity contribution in [3.8, 4) is 0 Å². The molecule has 0 heteroatoms. The molecule has 0 N–H and O–H groups in total. The summed E-state index contributed by atoms with van der Waals surface area (Å²) in [5, 5.41) is 0. The summed E-state index contributed by atoms with van der Waals surface area (Å²) < 4.78 is 0. The van der Waals surface area contributed by atoms with Crippen LogP contribution in [0.1, 0.15) is 19.8 Å². The molecule has 0 aromatic carbocycles. The molecule has 7 heavy (non-hydrogen) atoms. The van der Waals surface area contributed by atoms with Gasteiger partial charge in [0.25, 0.3) is 0 Å². The molecule has 1 aliphatic rings. The molecule has 0 unspecified atom stereocenters. The highest BCUT2D eigenvalue weighted by molar-refractivity contribution is 5.11. The van der Waals surface area contributed by atoms with Gasteiger partial charge in [-0.25, -0.2) is 0 Å². The second kappa shape index (κ2) is 1.69. The van der Waals surface area contributed by atoms with Gasteiger partial charge in [0.05, 0.1) is 0 Å². The smallest absolute Gasteiger partial charge is 0.0203 e. The van der Waals surface area contributed by atoms with Crippen LogP contribution in [0.3, 0.4) is 0 Å². The molecule has 0 heterocycles. The van der Waals surface area contributed by atoms with Gasteiger partial charge in [0.1, 0.15) is 0 Å². The van der Waals surface area contributed by atoms with Crippen LogP contribution in [-0.2, 0) is 0 Å². The minimum Gasteiger partial charge on any atom is -0.0996 e. The fourth-order valence-electron chi connectivity index (χ4n) is 0.913. The van der Waals surface area contributed by atoms with Crippen molar-refractivity contribution >= 4 is 0 Å². The normalized spacial score (nSPS) is 31.6. The van der Waals surface area contributed by atoms with Crippen LogP contribution in [0.15, 0.2) is 12.2 Å². The molecule has 1 saturated carbocycles. The first-order valence-corrected chi connectivity index (χ1v) is 2.81. The summed E-state index contributed by atoms with van der Waals surface area (Å²) >= 11 is 0. The molecular formula is C7H11. The molecule has 0 amide bonds. The highest BCUT2D eigenvalue weighted by atomic mass is 14.2. The van der Waals surface area contributed by atoms with Crippen molar-refractivity contribution in [3.05, 3.63) is 18.6 Å². The van der Waals surface area contributed by atoms with Crippen LogP contribution >= 0.6 is 0 Å². The maximum absolute atomic E-state index is 3.90. The molecule has 0 aromatic rings. The number of rotatable bonds is 0. The first-order chi connectivity index (χ1) is 3.30. The second-order valence-electron chi connectivity index (χ2n) is 2.22. The minimum atomic E-state index is 0.694. The second-order valence-corrected chi connectivity index (χ2v) is 2.22. The molecule has 1 rings (SSSR count). The summed E-state index contributed by atoms with van der Waals surface area (Å²) in [6.45, 7) is 6.11. The van der Waals surface area contributed by atoms with E-state index in [2.05, 4.69) is 19.9 Å². The average Bonchev–Trinajstić information content (AvgIpc) is 1.91. The predicted molar refractivity (Wildman–Crippen MR) is 31.8 cm³/mol. The summed E-state index contributed by atoms with van der Waals surface area (Å²) in [5.41, 5.74) is 1.40. The predicted octanol–water partition coefficient (Wildman–Crippen LogP) is 2.18. The van der Waals surface area contributed by atoms with E-state index in [4.69, 9.17) is 0 Å². The molecule has 0 nitrogen and oxygen atoms in total. The van der Waals surface area contributed by atoms with Gasteiger partial charge >= 0.3 is 0 Å². The van der Waals surface area contributed by atoms with E-state index < -0.39 is 0 Å². The van der Waals surface area contributed by atoms with Gasteiger partial charge in [-0.2, -0.15) is 0 Å². The molecule has 0 aromatic heterocycles. The number of allylic oxidation sites excluding steroid dienone is 1. The molecular weight excluding hydrogens is 84.1 g/mol. The monoisotopic (exact) mass is 95.1 g/mol. The zero-order valence-corrected chi connectivity index (χ0v) is 4.78. The quantitative estimate of drug-likeness (QED) is 0.404. The standard InChI is InChI=1S/C7H11/c1-6-4-3-5-7(6)2/h5,7H,1,3-4H2,2H3/t7-/m1/s1. The number of hydrogen-bond acceptors (Lipinski definition) is 0. The van der Waals surface area contributed by atoms with E-state index >= 15 is 0 Å². The molecule has 0 aliphatic heterocycles. The van der Waals surface area contributed by atoms with Crippen molar-refractivity contribution in [2.75, 3.05) is 0 Å². The lowest BCUT2D eigenvalue weighted by molar-refractivity contribution is 0.853. The van der Waals surface area contributed by atoms with E-state index in [0.717, 1.165) is 0 Å². The molecule has 1 radical (unpaired) electrons. The fraction of sp³-hybridized carbons (Fsp3) is 0.571. The van der Waals surface area contributed by atoms with E-state index in [1.165, 1.54) is 18.4 Å². The molecule has 1 atom stereocenters. The van der Waals surface area contributed by atoms with Crippen molar-refractivity contribution in [1.82, 2.24) is 0 Å². The Morgan fingerprint density at radius 3 is 2.71 bits per heavy atom. The van der Waals surface area contributed by atoms with Crippen molar-refractivity contribution in [3.63, 3.8) is 0 Å². The highest BCUT2D eigenvalue weighted by Gasteiger charge is 2.12. The third-order valence-corrected chi connectivity index (χ3v) is 1.63. The van der Waals surface area contributed by atoms with Crippen LogP contribution in [0.4, 0.5) is 0 Å². The summed E-state index contributed by atoms with van der Waals surface area (Å²) in [6.07, 6.45) is 4.80. The lowest BCUT2D eigenvalue weighted by atomic mass is 10.1. The Bertz CT molecular complexity index is 82.0. The third kappa shape index (κ3) is 0.846. The Balaban J connectivity index is 2.48. The topological polar surface area (TPSA) is 0 Å². The maximum atomic E-state index is 3.90. The van der Waals surface area contributed by atoms with Crippen molar-refractivity contribution in [2.24, 2.45) is 5.92 Å². The molecule has 0 bridgehead atoms. The van der Waals surface area contributed by atoms with Crippen LogP contribution in [0.5, 0.6) is 0 Å². The fourth-order valence-corrected chi connectivity index (χ4v) is 0.913. The van der Waals surface area contributed by atoms with Gasteiger partial charge in [-0.05, 0) is 25.2 Å². The Hall–Kier alpha value is -0.260. The molecule has 0 saturated heterocycles. The first kappa shape index (κ1) is 4.89. The van der Waals surface area contributed by atoms with E-state index in [1.54, 1.807) is 0 Å². The largest absolute Gasteiger partial charge is 0.0996 e. The van der Waals surface area contributed by atoms with Gasteiger partial charge in [-0.1, -0.05) is 19.1 Å². The zero-order chi connectivity index (χ0) is 5.28. The average molecular weight is 95.2 g/mol. The van der Waals surface area contributed by atoms with Crippen molar-refractivity contribution in [2.45, 2.75) is 19.8 Å². The lowest BCUT2D eigenvalue weighted by Gasteiger charge is -1.97. The Kier molecular flexibility index (Phi) is 1.18. The summed E-state index contributed by atoms with van der Waals surface area (Å²) in [4.78, 5) is 0. The lowest BCUT2D eigenvalue weighted by Crippen LogP contribution is -1.84. The van der Waals surface area contributed by atoms with E-state index in [9.17, 15) is 0 Å². The molecule has 0 spiro atoms. The summed E-state index contributed by atoms with van der Waals surface area (Å²) in [5.74, 6) is 0.694. The Labute approximate surface area is 45.2 Å².